The summed E-state index contributed by atoms with van der Waals surface area (Å²) in [4.78, 5) is 11.8. The van der Waals surface area contributed by atoms with Crippen molar-refractivity contribution in [1.29, 1.82) is 0 Å². The lowest BCUT2D eigenvalue weighted by molar-refractivity contribution is -0.135. The van der Waals surface area contributed by atoms with E-state index in [2.05, 4.69) is 4.74 Å². The fourth-order valence-electron chi connectivity index (χ4n) is 4.43. The molecule has 2 nitrogen and oxygen atoms in total. The van der Waals surface area contributed by atoms with E-state index in [0.717, 1.165) is 25.2 Å². The molecule has 32 heavy (non-hydrogen) atoms. The zero-order chi connectivity index (χ0) is 23.3. The van der Waals surface area contributed by atoms with Crippen molar-refractivity contribution in [3.05, 3.63) is 29.1 Å². The van der Waals surface area contributed by atoms with Crippen LogP contribution in [0.4, 0.5) is 22.0 Å². The molecule has 1 aliphatic carbocycles. The van der Waals surface area contributed by atoms with Gasteiger partial charge in [0.1, 0.15) is 0 Å². The van der Waals surface area contributed by atoms with Crippen LogP contribution < -0.4 is 4.74 Å². The van der Waals surface area contributed by atoms with Gasteiger partial charge in [-0.15, -0.1) is 0 Å². The maximum Gasteiger partial charge on any atom is 0.311 e. The first kappa shape index (κ1) is 26.6. The summed E-state index contributed by atoms with van der Waals surface area (Å²) in [5.74, 6) is -12.6. The van der Waals surface area contributed by atoms with Gasteiger partial charge in [-0.25, -0.2) is 13.2 Å². The molecular formula is C25H35F5O2. The summed E-state index contributed by atoms with van der Waals surface area (Å²) in [5, 5.41) is 0. The van der Waals surface area contributed by atoms with Crippen molar-refractivity contribution in [3.8, 4) is 5.75 Å². The van der Waals surface area contributed by atoms with Crippen LogP contribution in [0.1, 0.15) is 109 Å². The van der Waals surface area contributed by atoms with Crippen LogP contribution >= 0.6 is 0 Å². The Balaban J connectivity index is 1.66. The van der Waals surface area contributed by atoms with E-state index in [1.807, 2.05) is 0 Å². The molecule has 0 unspecified atom stereocenters. The number of halogens is 5. The van der Waals surface area contributed by atoms with E-state index in [4.69, 9.17) is 0 Å². The van der Waals surface area contributed by atoms with Gasteiger partial charge in [-0.1, -0.05) is 96.3 Å². The summed E-state index contributed by atoms with van der Waals surface area (Å²) in [7, 11) is 0. The molecule has 0 aliphatic heterocycles. The molecular weight excluding hydrogens is 427 g/mol. The highest BCUT2D eigenvalue weighted by atomic mass is 19.2. The Bertz CT molecular complexity index is 682. The molecule has 7 heteroatoms. The van der Waals surface area contributed by atoms with Crippen molar-refractivity contribution < 1.29 is 31.5 Å². The normalized spacial score (nSPS) is 16.9. The largest absolute Gasteiger partial charge is 0.420 e. The number of hydrogen-bond acceptors (Lipinski definition) is 2. The van der Waals surface area contributed by atoms with Gasteiger partial charge in [-0.3, -0.25) is 4.79 Å². The number of benzene rings is 1. The molecule has 0 radical (unpaired) electrons. The highest BCUT2D eigenvalue weighted by molar-refractivity contribution is 5.72. The number of carbonyl (C=O) groups is 1. The summed E-state index contributed by atoms with van der Waals surface area (Å²) in [5.41, 5.74) is 0. The van der Waals surface area contributed by atoms with Crippen molar-refractivity contribution in [1.82, 2.24) is 0 Å². The molecule has 1 saturated carbocycles. The van der Waals surface area contributed by atoms with E-state index < -0.39 is 40.8 Å². The average Bonchev–Trinajstić information content (AvgIpc) is 2.77. The van der Waals surface area contributed by atoms with Gasteiger partial charge in [-0.2, -0.15) is 8.78 Å². The van der Waals surface area contributed by atoms with Gasteiger partial charge in [0.2, 0.25) is 34.8 Å². The predicted octanol–water partition coefficient (Wildman–Crippen LogP) is 8.55. The van der Waals surface area contributed by atoms with Crippen molar-refractivity contribution in [2.75, 3.05) is 0 Å². The van der Waals surface area contributed by atoms with E-state index in [0.29, 0.717) is 6.42 Å². The molecule has 182 valence electrons. The second kappa shape index (κ2) is 14.5. The quantitative estimate of drug-likeness (QED) is 0.0966. The van der Waals surface area contributed by atoms with Crippen LogP contribution in [0.25, 0.3) is 0 Å². The molecule has 1 aromatic rings. The summed E-state index contributed by atoms with van der Waals surface area (Å²) < 4.78 is 71.0. The predicted molar refractivity (Wildman–Crippen MR) is 114 cm³/mol. The van der Waals surface area contributed by atoms with Gasteiger partial charge in [0.15, 0.2) is 0 Å². The minimum atomic E-state index is -2.28. The van der Waals surface area contributed by atoms with Crippen molar-refractivity contribution >= 4 is 5.97 Å². The third-order valence-electron chi connectivity index (χ3n) is 6.35. The molecule has 0 N–H and O–H groups in total. The van der Waals surface area contributed by atoms with Crippen molar-refractivity contribution in [3.63, 3.8) is 0 Å². The molecule has 0 spiro atoms. The van der Waals surface area contributed by atoms with Crippen molar-refractivity contribution in [2.45, 2.75) is 109 Å². The van der Waals surface area contributed by atoms with Crippen LogP contribution in [0.15, 0.2) is 0 Å². The third kappa shape index (κ3) is 8.70. The highest BCUT2D eigenvalue weighted by Crippen LogP contribution is 2.30. The van der Waals surface area contributed by atoms with Gasteiger partial charge in [0, 0.05) is 6.42 Å². The Morgan fingerprint density at radius 3 is 1.59 bits per heavy atom. The summed E-state index contributed by atoms with van der Waals surface area (Å²) in [6, 6.07) is 0. The fraction of sp³-hybridized carbons (Fsp3) is 0.720. The first-order valence-electron chi connectivity index (χ1n) is 12.1. The molecule has 2 rings (SSSR count). The molecule has 0 atom stereocenters. The number of ether oxygens (including phenoxy) is 1. The number of unbranched alkanes of at least 4 members (excludes halogenated alkanes) is 3. The van der Waals surface area contributed by atoms with Crippen LogP contribution in [0, 0.1) is 35.0 Å². The fourth-order valence-corrected chi connectivity index (χ4v) is 4.43. The average molecular weight is 463 g/mol. The molecule has 1 fully saturated rings. The van der Waals surface area contributed by atoms with Gasteiger partial charge >= 0.3 is 5.97 Å². The monoisotopic (exact) mass is 462 g/mol. The Hall–Kier alpha value is -1.66. The van der Waals surface area contributed by atoms with E-state index >= 15 is 0 Å². The van der Waals surface area contributed by atoms with Crippen LogP contribution in [0.2, 0.25) is 0 Å². The molecule has 0 aromatic heterocycles. The topological polar surface area (TPSA) is 26.3 Å². The second-order valence-electron chi connectivity index (χ2n) is 8.95. The Kier molecular flexibility index (Phi) is 12.0. The Morgan fingerprint density at radius 1 is 0.625 bits per heavy atom. The molecule has 1 aromatic carbocycles. The number of esters is 1. The zero-order valence-corrected chi connectivity index (χ0v) is 18.8. The second-order valence-corrected chi connectivity index (χ2v) is 8.95. The number of hydrogen-bond donors (Lipinski definition) is 0. The lowest BCUT2D eigenvalue weighted by atomic mass is 9.89. The van der Waals surface area contributed by atoms with E-state index in [1.54, 1.807) is 0 Å². The van der Waals surface area contributed by atoms with Gasteiger partial charge in [-0.05, 0) is 12.3 Å². The molecule has 1 aliphatic rings. The zero-order valence-electron chi connectivity index (χ0n) is 18.8. The summed E-state index contributed by atoms with van der Waals surface area (Å²) in [6.45, 7) is 0. The first-order valence-corrected chi connectivity index (χ1v) is 12.1. The lowest BCUT2D eigenvalue weighted by Gasteiger charge is -2.17. The molecule has 0 bridgehead atoms. The summed E-state index contributed by atoms with van der Waals surface area (Å²) >= 11 is 0. The maximum absolute atomic E-state index is 13.6. The van der Waals surface area contributed by atoms with Crippen LogP contribution in [0.5, 0.6) is 5.75 Å². The van der Waals surface area contributed by atoms with Gasteiger partial charge < -0.3 is 4.74 Å². The van der Waals surface area contributed by atoms with Crippen LogP contribution in [-0.2, 0) is 4.79 Å². The maximum atomic E-state index is 13.6. The SMILES string of the molecule is O=C(CCCCCCC1CCCCCCCCCCC1)Oc1c(F)c(F)c(F)c(F)c1F. The lowest BCUT2D eigenvalue weighted by Crippen LogP contribution is -2.13. The summed E-state index contributed by atoms with van der Waals surface area (Å²) in [6.07, 6.45) is 18.8. The Labute approximate surface area is 187 Å². The van der Waals surface area contributed by atoms with Gasteiger partial charge in [0.05, 0.1) is 0 Å². The minimum Gasteiger partial charge on any atom is -0.420 e. The Morgan fingerprint density at radius 2 is 1.06 bits per heavy atom. The van der Waals surface area contributed by atoms with E-state index in [1.165, 1.54) is 77.0 Å². The van der Waals surface area contributed by atoms with E-state index in [9.17, 15) is 26.7 Å². The minimum absolute atomic E-state index is 0.136. The number of rotatable bonds is 8. The van der Waals surface area contributed by atoms with Crippen LogP contribution in [-0.4, -0.2) is 5.97 Å². The smallest absolute Gasteiger partial charge is 0.311 e. The van der Waals surface area contributed by atoms with Crippen LogP contribution in [0.3, 0.4) is 0 Å². The standard InChI is InChI=1S/C25H35F5O2/c26-20-21(27)23(29)25(24(30)22(20)28)32-19(31)17-13-9-8-12-16-18-14-10-6-4-2-1-3-5-7-11-15-18/h18H,1-17H2. The highest BCUT2D eigenvalue weighted by Gasteiger charge is 2.28. The van der Waals surface area contributed by atoms with Crippen molar-refractivity contribution in [2.24, 2.45) is 5.92 Å². The number of carbonyl (C=O) groups excluding carboxylic acids is 1. The van der Waals surface area contributed by atoms with Gasteiger partial charge in [0.25, 0.3) is 0 Å². The molecule has 0 saturated heterocycles. The first-order chi connectivity index (χ1) is 15.4. The third-order valence-corrected chi connectivity index (χ3v) is 6.35. The molecule has 0 heterocycles. The van der Waals surface area contributed by atoms with E-state index in [-0.39, 0.29) is 6.42 Å². The molecule has 0 amide bonds.